The molecule has 1 N–H and O–H groups in total. The van der Waals surface area contributed by atoms with Crippen molar-refractivity contribution in [3.8, 4) is 0 Å². The van der Waals surface area contributed by atoms with E-state index in [1.807, 2.05) is 12.1 Å². The SMILES string of the molecule is CCCCNC(=O)Cc1ccc(Br)s1. The fourth-order valence-electron chi connectivity index (χ4n) is 1.07. The van der Waals surface area contributed by atoms with Crippen LogP contribution < -0.4 is 5.32 Å². The summed E-state index contributed by atoms with van der Waals surface area (Å²) in [6.45, 7) is 2.91. The lowest BCUT2D eigenvalue weighted by atomic mass is 10.3. The Bertz CT molecular complexity index is 298. The summed E-state index contributed by atoms with van der Waals surface area (Å²) in [5.74, 6) is 0.118. The Morgan fingerprint density at radius 2 is 2.36 bits per heavy atom. The van der Waals surface area contributed by atoms with E-state index in [0.29, 0.717) is 6.42 Å². The van der Waals surface area contributed by atoms with Crippen LogP contribution in [0.3, 0.4) is 0 Å². The van der Waals surface area contributed by atoms with Gasteiger partial charge in [0.2, 0.25) is 5.91 Å². The molecule has 1 heterocycles. The van der Waals surface area contributed by atoms with Crippen molar-refractivity contribution >= 4 is 33.2 Å². The maximum absolute atomic E-state index is 11.4. The minimum atomic E-state index is 0.118. The van der Waals surface area contributed by atoms with E-state index in [4.69, 9.17) is 0 Å². The van der Waals surface area contributed by atoms with E-state index in [2.05, 4.69) is 28.2 Å². The molecule has 4 heteroatoms. The number of carbonyl (C=O) groups is 1. The van der Waals surface area contributed by atoms with Crippen molar-refractivity contribution in [2.24, 2.45) is 0 Å². The topological polar surface area (TPSA) is 29.1 Å². The van der Waals surface area contributed by atoms with Crippen molar-refractivity contribution in [2.45, 2.75) is 26.2 Å². The van der Waals surface area contributed by atoms with E-state index in [1.165, 1.54) is 0 Å². The molecular weight excluding hydrogens is 262 g/mol. The molecule has 0 aliphatic heterocycles. The summed E-state index contributed by atoms with van der Waals surface area (Å²) in [5, 5.41) is 2.89. The maximum atomic E-state index is 11.4. The molecule has 0 saturated heterocycles. The Balaban J connectivity index is 2.27. The number of halogens is 1. The number of carbonyl (C=O) groups excluding carboxylic acids is 1. The lowest BCUT2D eigenvalue weighted by Gasteiger charge is -2.01. The standard InChI is InChI=1S/C10H14BrNOS/c1-2-3-6-12-10(13)7-8-4-5-9(11)14-8/h4-5H,2-3,6-7H2,1H3,(H,12,13). The number of nitrogens with one attached hydrogen (secondary N) is 1. The molecule has 1 rings (SSSR count). The number of hydrogen-bond donors (Lipinski definition) is 1. The molecule has 14 heavy (non-hydrogen) atoms. The van der Waals surface area contributed by atoms with Crippen LogP contribution >= 0.6 is 27.3 Å². The van der Waals surface area contributed by atoms with Gasteiger partial charge in [-0.05, 0) is 34.5 Å². The first-order valence-corrected chi connectivity index (χ1v) is 6.34. The highest BCUT2D eigenvalue weighted by Crippen LogP contribution is 2.22. The van der Waals surface area contributed by atoms with Crippen LogP contribution in [-0.4, -0.2) is 12.5 Å². The Hall–Kier alpha value is -0.350. The summed E-state index contributed by atoms with van der Waals surface area (Å²) in [6.07, 6.45) is 2.67. The van der Waals surface area contributed by atoms with Gasteiger partial charge in [0.1, 0.15) is 0 Å². The number of unbranched alkanes of at least 4 members (excludes halogenated alkanes) is 1. The summed E-state index contributed by atoms with van der Waals surface area (Å²) >= 11 is 4.98. The van der Waals surface area contributed by atoms with Crippen LogP contribution in [-0.2, 0) is 11.2 Å². The van der Waals surface area contributed by atoms with Gasteiger partial charge >= 0.3 is 0 Å². The van der Waals surface area contributed by atoms with Crippen molar-refractivity contribution < 1.29 is 4.79 Å². The quantitative estimate of drug-likeness (QED) is 0.823. The minimum absolute atomic E-state index is 0.118. The Labute approximate surface area is 96.8 Å². The molecule has 0 aliphatic rings. The zero-order valence-corrected chi connectivity index (χ0v) is 10.6. The molecule has 0 aliphatic carbocycles. The highest BCUT2D eigenvalue weighted by atomic mass is 79.9. The summed E-state index contributed by atoms with van der Waals surface area (Å²) < 4.78 is 1.08. The number of amides is 1. The van der Waals surface area contributed by atoms with Gasteiger partial charge in [-0.2, -0.15) is 0 Å². The van der Waals surface area contributed by atoms with Crippen molar-refractivity contribution in [3.63, 3.8) is 0 Å². The van der Waals surface area contributed by atoms with Crippen molar-refractivity contribution in [1.82, 2.24) is 5.32 Å². The van der Waals surface area contributed by atoms with Gasteiger partial charge in [0.05, 0.1) is 10.2 Å². The normalized spacial score (nSPS) is 10.1. The van der Waals surface area contributed by atoms with Gasteiger partial charge in [-0.3, -0.25) is 4.79 Å². The number of rotatable bonds is 5. The third-order valence-electron chi connectivity index (χ3n) is 1.82. The van der Waals surface area contributed by atoms with E-state index in [9.17, 15) is 4.79 Å². The average Bonchev–Trinajstić information content (AvgIpc) is 2.52. The zero-order chi connectivity index (χ0) is 10.4. The molecule has 0 aromatic carbocycles. The maximum Gasteiger partial charge on any atom is 0.225 e. The zero-order valence-electron chi connectivity index (χ0n) is 8.18. The van der Waals surface area contributed by atoms with Gasteiger partial charge < -0.3 is 5.32 Å². The van der Waals surface area contributed by atoms with Crippen LogP contribution in [0.2, 0.25) is 0 Å². The van der Waals surface area contributed by atoms with E-state index in [0.717, 1.165) is 28.0 Å². The molecule has 2 nitrogen and oxygen atoms in total. The van der Waals surface area contributed by atoms with Gasteiger partial charge in [0.25, 0.3) is 0 Å². The predicted molar refractivity (Wildman–Crippen MR) is 63.6 cm³/mol. The number of thiophene rings is 1. The molecule has 0 saturated carbocycles. The van der Waals surface area contributed by atoms with Crippen LogP contribution in [0.1, 0.15) is 24.6 Å². The van der Waals surface area contributed by atoms with E-state index < -0.39 is 0 Å². The summed E-state index contributed by atoms with van der Waals surface area (Å²) in [7, 11) is 0. The lowest BCUT2D eigenvalue weighted by molar-refractivity contribution is -0.120. The lowest BCUT2D eigenvalue weighted by Crippen LogP contribution is -2.25. The first-order valence-electron chi connectivity index (χ1n) is 4.73. The first-order chi connectivity index (χ1) is 6.72. The molecule has 0 radical (unpaired) electrons. The molecule has 0 spiro atoms. The summed E-state index contributed by atoms with van der Waals surface area (Å²) in [5.41, 5.74) is 0. The number of hydrogen-bond acceptors (Lipinski definition) is 2. The van der Waals surface area contributed by atoms with Gasteiger partial charge in [0, 0.05) is 11.4 Å². The first kappa shape index (κ1) is 11.7. The summed E-state index contributed by atoms with van der Waals surface area (Å²) in [4.78, 5) is 12.5. The highest BCUT2D eigenvalue weighted by molar-refractivity contribution is 9.11. The molecule has 0 fully saturated rings. The second-order valence-corrected chi connectivity index (χ2v) is 5.63. The van der Waals surface area contributed by atoms with Crippen LogP contribution in [0.15, 0.2) is 15.9 Å². The molecule has 1 amide bonds. The van der Waals surface area contributed by atoms with E-state index >= 15 is 0 Å². The molecular formula is C10H14BrNOS. The van der Waals surface area contributed by atoms with Gasteiger partial charge in [-0.15, -0.1) is 11.3 Å². The Kier molecular flexibility index (Phi) is 5.19. The fourth-order valence-corrected chi connectivity index (χ4v) is 2.55. The van der Waals surface area contributed by atoms with Crippen LogP contribution in [0.5, 0.6) is 0 Å². The monoisotopic (exact) mass is 275 g/mol. The van der Waals surface area contributed by atoms with Gasteiger partial charge in [-0.1, -0.05) is 13.3 Å². The third-order valence-corrected chi connectivity index (χ3v) is 3.44. The van der Waals surface area contributed by atoms with E-state index in [1.54, 1.807) is 11.3 Å². The molecule has 0 atom stereocenters. The molecule has 0 unspecified atom stereocenters. The minimum Gasteiger partial charge on any atom is -0.356 e. The molecule has 1 aromatic rings. The van der Waals surface area contributed by atoms with Gasteiger partial charge in [0.15, 0.2) is 0 Å². The predicted octanol–water partition coefficient (Wildman–Crippen LogP) is 2.97. The Morgan fingerprint density at radius 3 is 2.93 bits per heavy atom. The second-order valence-electron chi connectivity index (χ2n) is 3.09. The van der Waals surface area contributed by atoms with Gasteiger partial charge in [-0.25, -0.2) is 0 Å². The van der Waals surface area contributed by atoms with Crippen molar-refractivity contribution in [1.29, 1.82) is 0 Å². The van der Waals surface area contributed by atoms with Crippen LogP contribution in [0.4, 0.5) is 0 Å². The fraction of sp³-hybridized carbons (Fsp3) is 0.500. The van der Waals surface area contributed by atoms with E-state index in [-0.39, 0.29) is 5.91 Å². The highest BCUT2D eigenvalue weighted by Gasteiger charge is 2.04. The molecule has 0 bridgehead atoms. The second kappa shape index (κ2) is 6.19. The Morgan fingerprint density at radius 1 is 1.57 bits per heavy atom. The van der Waals surface area contributed by atoms with Crippen LogP contribution in [0, 0.1) is 0 Å². The van der Waals surface area contributed by atoms with Crippen LogP contribution in [0.25, 0.3) is 0 Å². The molecule has 1 aromatic heterocycles. The van der Waals surface area contributed by atoms with Crippen molar-refractivity contribution in [2.75, 3.05) is 6.54 Å². The molecule has 78 valence electrons. The third kappa shape index (κ3) is 4.24. The average molecular weight is 276 g/mol. The largest absolute Gasteiger partial charge is 0.356 e. The smallest absolute Gasteiger partial charge is 0.225 e. The van der Waals surface area contributed by atoms with Crippen molar-refractivity contribution in [3.05, 3.63) is 20.8 Å². The summed E-state index contributed by atoms with van der Waals surface area (Å²) in [6, 6.07) is 3.95.